The van der Waals surface area contributed by atoms with E-state index >= 15 is 0 Å². The number of hydrogen-bond acceptors (Lipinski definition) is 2. The third-order valence-corrected chi connectivity index (χ3v) is 3.18. The minimum atomic E-state index is -0.487. The van der Waals surface area contributed by atoms with E-state index in [0.717, 1.165) is 6.42 Å². The Morgan fingerprint density at radius 3 is 2.06 bits per heavy atom. The summed E-state index contributed by atoms with van der Waals surface area (Å²) in [6, 6.07) is 0. The Labute approximate surface area is 99.6 Å². The number of hydrogen-bond donors (Lipinski definition) is 2. The molecule has 0 saturated heterocycles. The van der Waals surface area contributed by atoms with Gasteiger partial charge in [0, 0.05) is 12.0 Å². The number of amides is 1. The van der Waals surface area contributed by atoms with Crippen molar-refractivity contribution in [2.24, 2.45) is 17.3 Å². The lowest BCUT2D eigenvalue weighted by Gasteiger charge is -2.34. The molecule has 0 aliphatic heterocycles. The van der Waals surface area contributed by atoms with Crippen LogP contribution in [0.2, 0.25) is 0 Å². The number of carbonyl (C=O) groups excluding carboxylic acids is 1. The second-order valence-corrected chi connectivity index (χ2v) is 5.73. The molecule has 1 amide bonds. The number of aliphatic hydroxyl groups is 1. The van der Waals surface area contributed by atoms with E-state index in [0.29, 0.717) is 18.4 Å². The first-order chi connectivity index (χ1) is 7.20. The molecule has 2 unspecified atom stereocenters. The van der Waals surface area contributed by atoms with Gasteiger partial charge in [0.15, 0.2) is 0 Å². The molecule has 0 spiro atoms. The molecule has 2 atom stereocenters. The second-order valence-electron chi connectivity index (χ2n) is 5.73. The Balaban J connectivity index is 4.57. The molecule has 16 heavy (non-hydrogen) atoms. The molecule has 3 heteroatoms. The third-order valence-electron chi connectivity index (χ3n) is 3.18. The van der Waals surface area contributed by atoms with Crippen LogP contribution in [0.3, 0.4) is 0 Å². The smallest absolute Gasteiger partial charge is 0.226 e. The molecule has 0 radical (unpaired) electrons. The van der Waals surface area contributed by atoms with Crippen molar-refractivity contribution < 1.29 is 9.90 Å². The molecule has 96 valence electrons. The molecule has 0 aromatic rings. The average molecular weight is 229 g/mol. The van der Waals surface area contributed by atoms with Gasteiger partial charge in [-0.2, -0.15) is 0 Å². The maximum atomic E-state index is 12.1. The van der Waals surface area contributed by atoms with Gasteiger partial charge in [-0.1, -0.05) is 34.6 Å². The largest absolute Gasteiger partial charge is 0.392 e. The summed E-state index contributed by atoms with van der Waals surface area (Å²) in [7, 11) is 0. The SMILES string of the molecule is CC(C)CC(C)(C(=O)NCC(C)O)C(C)C. The fourth-order valence-corrected chi connectivity index (χ4v) is 1.88. The Hall–Kier alpha value is -0.570. The van der Waals surface area contributed by atoms with Gasteiger partial charge >= 0.3 is 0 Å². The number of carbonyl (C=O) groups is 1. The summed E-state index contributed by atoms with van der Waals surface area (Å²) in [5.41, 5.74) is -0.344. The molecule has 0 aliphatic rings. The summed E-state index contributed by atoms with van der Waals surface area (Å²) in [6.45, 7) is 12.4. The maximum absolute atomic E-state index is 12.1. The van der Waals surface area contributed by atoms with E-state index in [2.05, 4.69) is 33.0 Å². The van der Waals surface area contributed by atoms with E-state index in [-0.39, 0.29) is 11.3 Å². The standard InChI is InChI=1S/C13H27NO2/c1-9(2)7-13(6,10(3)4)12(16)14-8-11(5)15/h9-11,15H,7-8H2,1-6H3,(H,14,16). The Morgan fingerprint density at radius 1 is 1.25 bits per heavy atom. The van der Waals surface area contributed by atoms with Crippen molar-refractivity contribution in [1.82, 2.24) is 5.32 Å². The van der Waals surface area contributed by atoms with Crippen LogP contribution in [0.4, 0.5) is 0 Å². The molecule has 0 bridgehead atoms. The average Bonchev–Trinajstić information content (AvgIpc) is 2.12. The molecule has 0 rings (SSSR count). The summed E-state index contributed by atoms with van der Waals surface area (Å²) in [5, 5.41) is 12.0. The summed E-state index contributed by atoms with van der Waals surface area (Å²) in [4.78, 5) is 12.1. The number of nitrogens with one attached hydrogen (secondary N) is 1. The van der Waals surface area contributed by atoms with Crippen LogP contribution in [0.15, 0.2) is 0 Å². The molecule has 0 aliphatic carbocycles. The van der Waals surface area contributed by atoms with Crippen molar-refractivity contribution in [2.75, 3.05) is 6.54 Å². The minimum absolute atomic E-state index is 0.0529. The Bertz CT molecular complexity index is 224. The second kappa shape index (κ2) is 6.24. The topological polar surface area (TPSA) is 49.3 Å². The zero-order chi connectivity index (χ0) is 12.9. The van der Waals surface area contributed by atoms with Crippen molar-refractivity contribution >= 4 is 5.91 Å². The van der Waals surface area contributed by atoms with Crippen LogP contribution in [0.1, 0.15) is 48.0 Å². The Kier molecular flexibility index (Phi) is 6.01. The zero-order valence-electron chi connectivity index (χ0n) is 11.5. The van der Waals surface area contributed by atoms with Crippen molar-refractivity contribution in [3.05, 3.63) is 0 Å². The van der Waals surface area contributed by atoms with Crippen molar-refractivity contribution in [3.63, 3.8) is 0 Å². The summed E-state index contributed by atoms with van der Waals surface area (Å²) in [5.74, 6) is 0.839. The van der Waals surface area contributed by atoms with E-state index in [1.54, 1.807) is 6.92 Å². The lowest BCUT2D eigenvalue weighted by atomic mass is 9.72. The molecular weight excluding hydrogens is 202 g/mol. The predicted molar refractivity (Wildman–Crippen MR) is 67.1 cm³/mol. The molecular formula is C13H27NO2. The summed E-state index contributed by atoms with van der Waals surface area (Å²) < 4.78 is 0. The first kappa shape index (κ1) is 15.4. The highest BCUT2D eigenvalue weighted by molar-refractivity contribution is 5.82. The van der Waals surface area contributed by atoms with Gasteiger partial charge < -0.3 is 10.4 Å². The number of aliphatic hydroxyl groups excluding tert-OH is 1. The van der Waals surface area contributed by atoms with Gasteiger partial charge in [-0.25, -0.2) is 0 Å². The molecule has 0 fully saturated rings. The van der Waals surface area contributed by atoms with Crippen LogP contribution in [0, 0.1) is 17.3 Å². The first-order valence-electron chi connectivity index (χ1n) is 6.16. The quantitative estimate of drug-likeness (QED) is 0.733. The summed E-state index contributed by atoms with van der Waals surface area (Å²) >= 11 is 0. The van der Waals surface area contributed by atoms with Gasteiger partial charge in [0.05, 0.1) is 6.10 Å². The van der Waals surface area contributed by atoms with E-state index < -0.39 is 6.10 Å². The molecule has 3 nitrogen and oxygen atoms in total. The van der Waals surface area contributed by atoms with E-state index in [1.807, 2.05) is 6.92 Å². The molecule has 0 saturated carbocycles. The van der Waals surface area contributed by atoms with Crippen molar-refractivity contribution in [2.45, 2.75) is 54.1 Å². The van der Waals surface area contributed by atoms with Gasteiger partial charge in [0.1, 0.15) is 0 Å². The number of rotatable bonds is 6. The normalized spacial score (nSPS) is 17.3. The highest BCUT2D eigenvalue weighted by Gasteiger charge is 2.36. The van der Waals surface area contributed by atoms with Crippen molar-refractivity contribution in [3.8, 4) is 0 Å². The predicted octanol–water partition coefficient (Wildman–Crippen LogP) is 2.19. The third kappa shape index (κ3) is 4.52. The van der Waals surface area contributed by atoms with Crippen LogP contribution in [-0.4, -0.2) is 23.7 Å². The molecule has 2 N–H and O–H groups in total. The Morgan fingerprint density at radius 2 is 1.75 bits per heavy atom. The highest BCUT2D eigenvalue weighted by Crippen LogP contribution is 2.34. The lowest BCUT2D eigenvalue weighted by Crippen LogP contribution is -2.45. The van der Waals surface area contributed by atoms with Gasteiger partial charge in [-0.15, -0.1) is 0 Å². The fourth-order valence-electron chi connectivity index (χ4n) is 1.88. The van der Waals surface area contributed by atoms with Gasteiger partial charge in [-0.05, 0) is 25.2 Å². The maximum Gasteiger partial charge on any atom is 0.226 e. The molecule has 0 aromatic carbocycles. The van der Waals surface area contributed by atoms with Crippen molar-refractivity contribution in [1.29, 1.82) is 0 Å². The van der Waals surface area contributed by atoms with Gasteiger partial charge in [0.2, 0.25) is 5.91 Å². The molecule has 0 aromatic heterocycles. The monoisotopic (exact) mass is 229 g/mol. The van der Waals surface area contributed by atoms with Crippen LogP contribution >= 0.6 is 0 Å². The van der Waals surface area contributed by atoms with E-state index in [1.165, 1.54) is 0 Å². The van der Waals surface area contributed by atoms with Crippen LogP contribution in [0.5, 0.6) is 0 Å². The van der Waals surface area contributed by atoms with Gasteiger partial charge in [-0.3, -0.25) is 4.79 Å². The summed E-state index contributed by atoms with van der Waals surface area (Å²) in [6.07, 6.45) is 0.385. The zero-order valence-corrected chi connectivity index (χ0v) is 11.5. The van der Waals surface area contributed by atoms with E-state index in [4.69, 9.17) is 0 Å². The van der Waals surface area contributed by atoms with Gasteiger partial charge in [0.25, 0.3) is 0 Å². The van der Waals surface area contributed by atoms with Crippen LogP contribution < -0.4 is 5.32 Å². The fraction of sp³-hybridized carbons (Fsp3) is 0.923. The van der Waals surface area contributed by atoms with Crippen LogP contribution in [-0.2, 0) is 4.79 Å². The molecule has 0 heterocycles. The lowest BCUT2D eigenvalue weighted by molar-refractivity contribution is -0.134. The first-order valence-corrected chi connectivity index (χ1v) is 6.16. The van der Waals surface area contributed by atoms with Crippen LogP contribution in [0.25, 0.3) is 0 Å². The minimum Gasteiger partial charge on any atom is -0.392 e. The van der Waals surface area contributed by atoms with E-state index in [9.17, 15) is 9.90 Å². The highest BCUT2D eigenvalue weighted by atomic mass is 16.3.